The highest BCUT2D eigenvalue weighted by Crippen LogP contribution is 2.10. The van der Waals surface area contributed by atoms with Crippen molar-refractivity contribution in [1.29, 1.82) is 0 Å². The zero-order chi connectivity index (χ0) is 9.14. The molecule has 0 aliphatic heterocycles. The molecule has 6 heteroatoms. The van der Waals surface area contributed by atoms with Crippen molar-refractivity contribution in [1.82, 2.24) is 0 Å². The summed E-state index contributed by atoms with van der Waals surface area (Å²) in [7, 11) is -5.67. The van der Waals surface area contributed by atoms with Crippen LogP contribution in [0.3, 0.4) is 0 Å². The van der Waals surface area contributed by atoms with Crippen LogP contribution in [0.25, 0.3) is 0 Å². The van der Waals surface area contributed by atoms with Crippen LogP contribution in [0.2, 0.25) is 0 Å². The van der Waals surface area contributed by atoms with E-state index in [9.17, 15) is 16.8 Å². The second-order valence-corrected chi connectivity index (χ2v) is 3.99. The summed E-state index contributed by atoms with van der Waals surface area (Å²) in [4.78, 5) is -0.299. The van der Waals surface area contributed by atoms with Crippen molar-refractivity contribution in [2.75, 3.05) is 0 Å². The summed E-state index contributed by atoms with van der Waals surface area (Å²) in [5, 5.41) is 0. The zero-order valence-corrected chi connectivity index (χ0v) is 7.63. The van der Waals surface area contributed by atoms with Gasteiger partial charge < -0.3 is 0 Å². The van der Waals surface area contributed by atoms with Crippen molar-refractivity contribution in [2.24, 2.45) is 0 Å². The van der Waals surface area contributed by atoms with Crippen LogP contribution in [0.15, 0.2) is 34.1 Å². The van der Waals surface area contributed by atoms with Gasteiger partial charge in [-0.2, -0.15) is 0 Å². The predicted molar refractivity (Wildman–Crippen MR) is 43.6 cm³/mol. The molecule has 0 saturated heterocycles. The molecule has 0 aliphatic rings. The van der Waals surface area contributed by atoms with Gasteiger partial charge in [-0.25, -0.2) is 16.8 Å². The van der Waals surface area contributed by atoms with E-state index in [2.05, 4.69) is 0 Å². The van der Waals surface area contributed by atoms with Gasteiger partial charge in [0.2, 0.25) is 0 Å². The fraction of sp³-hybridized carbons (Fsp3) is 0. The molecule has 0 heterocycles. The van der Waals surface area contributed by atoms with Crippen LogP contribution in [-0.2, 0) is 21.4 Å². The molecule has 1 aromatic rings. The first-order valence-electron chi connectivity index (χ1n) is 3.00. The third-order valence-corrected chi connectivity index (χ3v) is 3.02. The van der Waals surface area contributed by atoms with E-state index in [1.54, 1.807) is 0 Å². The largest absolute Gasteiger partial charge is 0.227 e. The fourth-order valence-electron chi connectivity index (χ4n) is 0.773. The smallest absolute Gasteiger partial charge is 0.169 e. The first-order valence-corrected chi connectivity index (χ1v) is 5.36. The summed E-state index contributed by atoms with van der Waals surface area (Å²) >= 11 is 0. The molecule has 0 aromatic heterocycles. The van der Waals surface area contributed by atoms with Gasteiger partial charge in [-0.1, -0.05) is 12.1 Å². The molecule has 0 radical (unpaired) electrons. The van der Waals surface area contributed by atoms with E-state index in [4.69, 9.17) is 0 Å². The Balaban J connectivity index is 3.47. The van der Waals surface area contributed by atoms with E-state index in [0.29, 0.717) is 0 Å². The van der Waals surface area contributed by atoms with Crippen molar-refractivity contribution >= 4 is 21.4 Å². The van der Waals surface area contributed by atoms with Crippen LogP contribution in [0.4, 0.5) is 0 Å². The summed E-state index contributed by atoms with van der Waals surface area (Å²) < 4.78 is 42.0. The van der Waals surface area contributed by atoms with E-state index in [0.717, 1.165) is 0 Å². The summed E-state index contributed by atoms with van der Waals surface area (Å²) in [5.41, 5.74) is 0. The van der Waals surface area contributed by atoms with E-state index in [1.165, 1.54) is 24.3 Å². The molecular weight excluding hydrogens is 200 g/mol. The van der Waals surface area contributed by atoms with Gasteiger partial charge in [0.05, 0.1) is 9.79 Å². The Morgan fingerprint density at radius 2 is 1.08 bits per heavy atom. The van der Waals surface area contributed by atoms with Crippen LogP contribution in [0, 0.1) is 0 Å². The summed E-state index contributed by atoms with van der Waals surface area (Å²) in [6, 6.07) is 5.46. The monoisotopic (exact) mass is 206 g/mol. The van der Waals surface area contributed by atoms with Gasteiger partial charge in [-0.3, -0.25) is 0 Å². The average Bonchev–Trinajstić information content (AvgIpc) is 2.04. The maximum Gasteiger partial charge on any atom is 0.169 e. The number of hydrogen-bond donors (Lipinski definition) is 2. The number of hydrogen-bond acceptors (Lipinski definition) is 4. The van der Waals surface area contributed by atoms with Crippen LogP contribution < -0.4 is 0 Å². The molecule has 0 amide bonds. The normalized spacial score (nSPS) is 10.8. The van der Waals surface area contributed by atoms with Gasteiger partial charge in [0.15, 0.2) is 21.4 Å². The second kappa shape index (κ2) is 3.68. The average molecular weight is 206 g/mol. The minimum Gasteiger partial charge on any atom is -0.227 e. The highest BCUT2D eigenvalue weighted by Gasteiger charge is 2.04. The summed E-state index contributed by atoms with van der Waals surface area (Å²) in [6.07, 6.45) is 0. The minimum absolute atomic E-state index is 0.149. The molecule has 1 rings (SSSR count). The maximum atomic E-state index is 10.5. The maximum absolute atomic E-state index is 10.5. The third kappa shape index (κ3) is 1.83. The lowest BCUT2D eigenvalue weighted by molar-refractivity contribution is 0.603. The van der Waals surface area contributed by atoms with Gasteiger partial charge in [-0.15, -0.1) is 0 Å². The molecular formula is C6H6O4S2. The Bertz CT molecular complexity index is 374. The lowest BCUT2D eigenvalue weighted by Gasteiger charge is -1.93. The molecule has 0 atom stereocenters. The molecule has 0 fully saturated rings. The van der Waals surface area contributed by atoms with Gasteiger partial charge in [0.1, 0.15) is 0 Å². The lowest BCUT2D eigenvalue weighted by Crippen LogP contribution is -1.88. The van der Waals surface area contributed by atoms with Crippen molar-refractivity contribution in [3.05, 3.63) is 24.3 Å². The van der Waals surface area contributed by atoms with Gasteiger partial charge >= 0.3 is 0 Å². The molecule has 0 spiro atoms. The number of rotatable bonds is 2. The molecule has 1 aromatic carbocycles. The number of benzene rings is 1. The molecule has 0 saturated carbocycles. The standard InChI is InChI=1S/C6H6O4S2/c7-11(8)5-3-1-2-4-6(5)12(9)10/h1-4,11-12H. The zero-order valence-electron chi connectivity index (χ0n) is 5.84. The van der Waals surface area contributed by atoms with Crippen molar-refractivity contribution in [3.8, 4) is 0 Å². The first kappa shape index (κ1) is 9.21. The van der Waals surface area contributed by atoms with Crippen molar-refractivity contribution in [3.63, 3.8) is 0 Å². The molecule has 0 N–H and O–H groups in total. The lowest BCUT2D eigenvalue weighted by atomic mass is 10.4. The Morgan fingerprint density at radius 1 is 0.750 bits per heavy atom. The first-order chi connectivity index (χ1) is 5.63. The summed E-state index contributed by atoms with van der Waals surface area (Å²) in [6.45, 7) is 0. The third-order valence-electron chi connectivity index (χ3n) is 1.28. The van der Waals surface area contributed by atoms with Crippen LogP contribution >= 0.6 is 0 Å². The van der Waals surface area contributed by atoms with Gasteiger partial charge in [-0.05, 0) is 12.1 Å². The van der Waals surface area contributed by atoms with Gasteiger partial charge in [0.25, 0.3) is 0 Å². The molecule has 0 unspecified atom stereocenters. The molecule has 4 nitrogen and oxygen atoms in total. The molecule has 66 valence electrons. The highest BCUT2D eigenvalue weighted by molar-refractivity contribution is 7.75. The van der Waals surface area contributed by atoms with E-state index < -0.39 is 21.4 Å². The van der Waals surface area contributed by atoms with Crippen molar-refractivity contribution < 1.29 is 16.8 Å². The number of thiol groups is 2. The van der Waals surface area contributed by atoms with E-state index in [1.807, 2.05) is 0 Å². The predicted octanol–water partition coefficient (Wildman–Crippen LogP) is -0.373. The quantitative estimate of drug-likeness (QED) is 0.648. The SMILES string of the molecule is O=[SH](=O)c1ccccc1[SH](=O)=O. The molecule has 0 bridgehead atoms. The molecule has 12 heavy (non-hydrogen) atoms. The fourth-order valence-corrected chi connectivity index (χ4v) is 2.20. The Kier molecular flexibility index (Phi) is 2.83. The van der Waals surface area contributed by atoms with Gasteiger partial charge in [0, 0.05) is 0 Å². The summed E-state index contributed by atoms with van der Waals surface area (Å²) in [5.74, 6) is 0. The second-order valence-electron chi connectivity index (χ2n) is 2.00. The van der Waals surface area contributed by atoms with Crippen LogP contribution in [-0.4, -0.2) is 16.8 Å². The van der Waals surface area contributed by atoms with Crippen LogP contribution in [0.5, 0.6) is 0 Å². The Morgan fingerprint density at radius 3 is 1.33 bits per heavy atom. The Hall–Kier alpha value is -0.880. The van der Waals surface area contributed by atoms with Crippen LogP contribution in [0.1, 0.15) is 0 Å². The Labute approximate surface area is 72.7 Å². The van der Waals surface area contributed by atoms with E-state index in [-0.39, 0.29) is 9.79 Å². The highest BCUT2D eigenvalue weighted by atomic mass is 32.2. The topological polar surface area (TPSA) is 68.3 Å². The minimum atomic E-state index is -2.83. The molecule has 0 aliphatic carbocycles. The van der Waals surface area contributed by atoms with E-state index >= 15 is 0 Å². The van der Waals surface area contributed by atoms with Crippen molar-refractivity contribution in [2.45, 2.75) is 9.79 Å².